The van der Waals surface area contributed by atoms with Gasteiger partial charge in [-0.3, -0.25) is 0 Å². The molecule has 3 N–H and O–H groups in total. The van der Waals surface area contributed by atoms with Crippen LogP contribution in [0, 0.1) is 13.8 Å². The molecule has 0 aliphatic rings. The Labute approximate surface area is 120 Å². The molecule has 0 saturated carbocycles. The molecule has 4 heteroatoms. The van der Waals surface area contributed by atoms with Crippen LogP contribution in [0.4, 0.5) is 0 Å². The van der Waals surface area contributed by atoms with E-state index in [2.05, 4.69) is 35.9 Å². The highest BCUT2D eigenvalue weighted by Crippen LogP contribution is 2.24. The number of aliphatic hydroxyl groups is 2. The zero-order valence-corrected chi connectivity index (χ0v) is 12.3. The summed E-state index contributed by atoms with van der Waals surface area (Å²) in [7, 11) is 0. The minimum Gasteiger partial charge on any atom is -0.396 e. The monoisotopic (exact) mass is 276 g/mol. The summed E-state index contributed by atoms with van der Waals surface area (Å²) < 4.78 is 2.18. The smallest absolute Gasteiger partial charge is 0.0843 e. The molecule has 20 heavy (non-hydrogen) atoms. The van der Waals surface area contributed by atoms with Gasteiger partial charge in [-0.25, -0.2) is 0 Å². The Hall–Kier alpha value is -1.36. The molecule has 2 aromatic rings. The molecule has 0 spiro atoms. The highest BCUT2D eigenvalue weighted by molar-refractivity contribution is 5.85. The van der Waals surface area contributed by atoms with E-state index in [-0.39, 0.29) is 6.61 Å². The van der Waals surface area contributed by atoms with E-state index in [1.807, 2.05) is 12.1 Å². The number of fused-ring (bicyclic) bond motifs is 1. The second-order valence-electron chi connectivity index (χ2n) is 5.27. The maximum absolute atomic E-state index is 10.1. The third-order valence-electron chi connectivity index (χ3n) is 3.83. The van der Waals surface area contributed by atoms with Gasteiger partial charge in [0, 0.05) is 29.7 Å². The molecule has 0 aliphatic carbocycles. The van der Waals surface area contributed by atoms with Crippen molar-refractivity contribution in [1.29, 1.82) is 0 Å². The molecule has 1 aromatic heterocycles. The van der Waals surface area contributed by atoms with E-state index < -0.39 is 6.10 Å². The van der Waals surface area contributed by atoms with Crippen LogP contribution in [-0.4, -0.2) is 40.6 Å². The van der Waals surface area contributed by atoms with Crippen molar-refractivity contribution in [2.45, 2.75) is 32.9 Å². The summed E-state index contributed by atoms with van der Waals surface area (Å²) in [4.78, 5) is 0. The number of nitrogens with zero attached hydrogens (tertiary/aromatic N) is 1. The van der Waals surface area contributed by atoms with E-state index in [0.29, 0.717) is 13.1 Å². The quantitative estimate of drug-likeness (QED) is 0.673. The number of aromatic nitrogens is 1. The molecule has 0 radical (unpaired) electrons. The molecule has 1 atom stereocenters. The van der Waals surface area contributed by atoms with Gasteiger partial charge in [-0.2, -0.15) is 0 Å². The van der Waals surface area contributed by atoms with Crippen molar-refractivity contribution in [2.24, 2.45) is 0 Å². The van der Waals surface area contributed by atoms with E-state index in [9.17, 15) is 5.11 Å². The summed E-state index contributed by atoms with van der Waals surface area (Å²) in [6.45, 7) is 6.28. The topological polar surface area (TPSA) is 57.4 Å². The third-order valence-corrected chi connectivity index (χ3v) is 3.83. The first kappa shape index (κ1) is 15.0. The highest BCUT2D eigenvalue weighted by Gasteiger charge is 2.13. The Balaban J connectivity index is 2.07. The van der Waals surface area contributed by atoms with Crippen molar-refractivity contribution in [2.75, 3.05) is 19.7 Å². The SMILES string of the molecule is Cc1c(C)n(CC(O)CNCCCO)c2ccccc12. The summed E-state index contributed by atoms with van der Waals surface area (Å²) >= 11 is 0. The van der Waals surface area contributed by atoms with Crippen molar-refractivity contribution in [3.05, 3.63) is 35.5 Å². The molecule has 0 aliphatic heterocycles. The predicted molar refractivity (Wildman–Crippen MR) is 82.0 cm³/mol. The van der Waals surface area contributed by atoms with Crippen molar-refractivity contribution in [1.82, 2.24) is 9.88 Å². The summed E-state index contributed by atoms with van der Waals surface area (Å²) in [5, 5.41) is 23.3. The number of aliphatic hydroxyl groups excluding tert-OH is 2. The van der Waals surface area contributed by atoms with Crippen LogP contribution in [0.5, 0.6) is 0 Å². The number of para-hydroxylation sites is 1. The number of nitrogens with one attached hydrogen (secondary N) is 1. The lowest BCUT2D eigenvalue weighted by atomic mass is 10.2. The van der Waals surface area contributed by atoms with Crippen molar-refractivity contribution in [3.63, 3.8) is 0 Å². The number of hydrogen-bond acceptors (Lipinski definition) is 3. The van der Waals surface area contributed by atoms with Gasteiger partial charge in [-0.15, -0.1) is 0 Å². The Bertz CT molecular complexity index is 563. The van der Waals surface area contributed by atoms with Crippen LogP contribution >= 0.6 is 0 Å². The van der Waals surface area contributed by atoms with Crippen LogP contribution in [0.15, 0.2) is 24.3 Å². The number of hydrogen-bond donors (Lipinski definition) is 3. The summed E-state index contributed by atoms with van der Waals surface area (Å²) in [5.41, 5.74) is 3.67. The average Bonchev–Trinajstić information content (AvgIpc) is 2.69. The van der Waals surface area contributed by atoms with Crippen LogP contribution in [0.2, 0.25) is 0 Å². The average molecular weight is 276 g/mol. The standard InChI is InChI=1S/C16H24N2O2/c1-12-13(2)18(16-7-4-3-6-15(12)16)11-14(20)10-17-8-5-9-19/h3-4,6-7,14,17,19-20H,5,8-11H2,1-2H3. The molecule has 0 amide bonds. The zero-order valence-electron chi connectivity index (χ0n) is 12.3. The van der Waals surface area contributed by atoms with E-state index in [4.69, 9.17) is 5.11 Å². The Morgan fingerprint density at radius 2 is 2.00 bits per heavy atom. The van der Waals surface area contributed by atoms with Gasteiger partial charge >= 0.3 is 0 Å². The Kier molecular flexibility index (Phi) is 5.17. The summed E-state index contributed by atoms with van der Waals surface area (Å²) in [6.07, 6.45) is 0.291. The van der Waals surface area contributed by atoms with Gasteiger partial charge in [0.2, 0.25) is 0 Å². The van der Waals surface area contributed by atoms with Gasteiger partial charge in [0.15, 0.2) is 0 Å². The molecule has 2 rings (SSSR count). The van der Waals surface area contributed by atoms with E-state index in [0.717, 1.165) is 13.0 Å². The maximum atomic E-state index is 10.1. The third kappa shape index (κ3) is 3.20. The zero-order chi connectivity index (χ0) is 14.5. The molecule has 110 valence electrons. The van der Waals surface area contributed by atoms with Crippen molar-refractivity contribution < 1.29 is 10.2 Å². The lowest BCUT2D eigenvalue weighted by Gasteiger charge is -2.15. The van der Waals surface area contributed by atoms with Gasteiger partial charge < -0.3 is 20.1 Å². The lowest BCUT2D eigenvalue weighted by Crippen LogP contribution is -2.31. The molecular formula is C16H24N2O2. The van der Waals surface area contributed by atoms with Crippen LogP contribution in [0.3, 0.4) is 0 Å². The van der Waals surface area contributed by atoms with Crippen LogP contribution in [-0.2, 0) is 6.54 Å². The Morgan fingerprint density at radius 1 is 1.25 bits per heavy atom. The minimum absolute atomic E-state index is 0.184. The maximum Gasteiger partial charge on any atom is 0.0843 e. The molecule has 1 aromatic carbocycles. The summed E-state index contributed by atoms with van der Waals surface area (Å²) in [6, 6.07) is 8.30. The highest BCUT2D eigenvalue weighted by atomic mass is 16.3. The van der Waals surface area contributed by atoms with Gasteiger partial charge in [-0.05, 0) is 38.4 Å². The second kappa shape index (κ2) is 6.88. The number of benzene rings is 1. The first-order valence-electron chi connectivity index (χ1n) is 7.19. The molecule has 4 nitrogen and oxygen atoms in total. The van der Waals surface area contributed by atoms with Gasteiger partial charge in [-0.1, -0.05) is 18.2 Å². The molecular weight excluding hydrogens is 252 g/mol. The van der Waals surface area contributed by atoms with Crippen molar-refractivity contribution >= 4 is 10.9 Å². The van der Waals surface area contributed by atoms with Crippen LogP contribution < -0.4 is 5.32 Å². The first-order valence-corrected chi connectivity index (χ1v) is 7.19. The first-order chi connectivity index (χ1) is 9.65. The Morgan fingerprint density at radius 3 is 2.75 bits per heavy atom. The largest absolute Gasteiger partial charge is 0.396 e. The van der Waals surface area contributed by atoms with E-state index >= 15 is 0 Å². The lowest BCUT2D eigenvalue weighted by molar-refractivity contribution is 0.151. The van der Waals surface area contributed by atoms with E-state index in [1.165, 1.54) is 22.2 Å². The fourth-order valence-electron chi connectivity index (χ4n) is 2.59. The molecule has 0 saturated heterocycles. The van der Waals surface area contributed by atoms with Gasteiger partial charge in [0.05, 0.1) is 12.6 Å². The molecule has 1 heterocycles. The molecule has 0 bridgehead atoms. The fourth-order valence-corrected chi connectivity index (χ4v) is 2.59. The van der Waals surface area contributed by atoms with Gasteiger partial charge in [0.25, 0.3) is 0 Å². The normalized spacial score (nSPS) is 13.0. The minimum atomic E-state index is -0.428. The van der Waals surface area contributed by atoms with E-state index in [1.54, 1.807) is 0 Å². The van der Waals surface area contributed by atoms with Gasteiger partial charge in [0.1, 0.15) is 0 Å². The van der Waals surface area contributed by atoms with Crippen LogP contribution in [0.25, 0.3) is 10.9 Å². The second-order valence-corrected chi connectivity index (χ2v) is 5.27. The van der Waals surface area contributed by atoms with Crippen molar-refractivity contribution in [3.8, 4) is 0 Å². The predicted octanol–water partition coefficient (Wildman–Crippen LogP) is 1.59. The van der Waals surface area contributed by atoms with Crippen LogP contribution in [0.1, 0.15) is 17.7 Å². The number of aryl methyl sites for hydroxylation is 1. The summed E-state index contributed by atoms with van der Waals surface area (Å²) in [5.74, 6) is 0. The fraction of sp³-hybridized carbons (Fsp3) is 0.500. The molecule has 1 unspecified atom stereocenters. The number of rotatable bonds is 7. The molecule has 0 fully saturated rings.